The number of benzene rings is 1. The molecule has 0 bridgehead atoms. The number of aliphatic hydroxyl groups excluding tert-OH is 1. The van der Waals surface area contributed by atoms with E-state index in [1.807, 2.05) is 36.4 Å². The maximum Gasteiger partial charge on any atom is 0.301 e. The van der Waals surface area contributed by atoms with Crippen LogP contribution in [0.15, 0.2) is 36.4 Å². The summed E-state index contributed by atoms with van der Waals surface area (Å²) in [5.41, 5.74) is 4.98. The maximum absolute atomic E-state index is 10.1. The van der Waals surface area contributed by atoms with Crippen LogP contribution >= 0.6 is 0 Å². The highest BCUT2D eigenvalue weighted by atomic mass is 16.6. The van der Waals surface area contributed by atoms with Gasteiger partial charge >= 0.3 is 6.17 Å². The first-order chi connectivity index (χ1) is 8.13. The van der Waals surface area contributed by atoms with Gasteiger partial charge in [-0.25, -0.2) is 0 Å². The zero-order valence-corrected chi connectivity index (χ0v) is 9.35. The predicted octanol–water partition coefficient (Wildman–Crippen LogP) is -0.0820. The van der Waals surface area contributed by atoms with Crippen LogP contribution in [0, 0.1) is 10.1 Å². The minimum absolute atomic E-state index is 0.178. The quantitative estimate of drug-likeness (QED) is 0.378. The molecule has 0 aromatic heterocycles. The molecular formula is C10H17N3O4. The number of rotatable bonds is 5. The Kier molecular flexibility index (Phi) is 8.79. The molecule has 17 heavy (non-hydrogen) atoms. The lowest BCUT2D eigenvalue weighted by atomic mass is 10.4. The van der Waals surface area contributed by atoms with E-state index in [0.29, 0.717) is 5.06 Å². The third kappa shape index (κ3) is 7.36. The lowest BCUT2D eigenvalue weighted by Gasteiger charge is -2.15. The molecule has 0 amide bonds. The highest BCUT2D eigenvalue weighted by Gasteiger charge is 2.24. The van der Waals surface area contributed by atoms with Gasteiger partial charge in [0.05, 0.1) is 19.7 Å². The van der Waals surface area contributed by atoms with Gasteiger partial charge in [0.1, 0.15) is 0 Å². The van der Waals surface area contributed by atoms with E-state index in [0.717, 1.165) is 0 Å². The minimum atomic E-state index is -1.33. The molecule has 0 aliphatic rings. The summed E-state index contributed by atoms with van der Waals surface area (Å²) < 4.78 is 0. The molecule has 0 saturated heterocycles. The van der Waals surface area contributed by atoms with Gasteiger partial charge in [-0.1, -0.05) is 36.4 Å². The standard InChI is InChI=1S/C6H6.C4H11N3O4/c1-2-4-6-5-3-1;5-3-4(7(10)11)6(9)1-2-8/h1-6H;4,8-9H,1-3,5H2. The van der Waals surface area contributed by atoms with E-state index >= 15 is 0 Å². The Morgan fingerprint density at radius 2 is 1.65 bits per heavy atom. The molecule has 4 N–H and O–H groups in total. The van der Waals surface area contributed by atoms with E-state index < -0.39 is 11.1 Å². The second-order valence-corrected chi connectivity index (χ2v) is 3.04. The first kappa shape index (κ1) is 15.5. The van der Waals surface area contributed by atoms with Crippen LogP contribution in [-0.2, 0) is 0 Å². The molecule has 1 unspecified atom stereocenters. The van der Waals surface area contributed by atoms with Crippen LogP contribution < -0.4 is 5.73 Å². The fraction of sp³-hybridized carbons (Fsp3) is 0.400. The SMILES string of the molecule is NCC(N(O)CCO)[N+](=O)[O-].c1ccccc1. The Balaban J connectivity index is 0.000000354. The fourth-order valence-corrected chi connectivity index (χ4v) is 0.953. The third-order valence-corrected chi connectivity index (χ3v) is 1.79. The molecular weight excluding hydrogens is 226 g/mol. The molecule has 0 aliphatic carbocycles. The first-order valence-electron chi connectivity index (χ1n) is 5.03. The highest BCUT2D eigenvalue weighted by molar-refractivity contribution is 4.99. The summed E-state index contributed by atoms with van der Waals surface area (Å²) in [5, 5.41) is 27.6. The summed E-state index contributed by atoms with van der Waals surface area (Å²) in [6, 6.07) is 12.0. The van der Waals surface area contributed by atoms with Crippen LogP contribution in [0.4, 0.5) is 0 Å². The summed E-state index contributed by atoms with van der Waals surface area (Å²) >= 11 is 0. The van der Waals surface area contributed by atoms with Gasteiger partial charge in [-0.2, -0.15) is 0 Å². The van der Waals surface area contributed by atoms with Gasteiger partial charge in [0.2, 0.25) is 0 Å². The Bertz CT molecular complexity index is 270. The van der Waals surface area contributed by atoms with Gasteiger partial charge in [0, 0.05) is 4.92 Å². The van der Waals surface area contributed by atoms with Gasteiger partial charge in [0.25, 0.3) is 0 Å². The molecule has 0 heterocycles. The number of nitrogens with zero attached hydrogens (tertiary/aromatic N) is 2. The van der Waals surface area contributed by atoms with Gasteiger partial charge in [-0.05, 0) is 0 Å². The Morgan fingerprint density at radius 1 is 1.24 bits per heavy atom. The van der Waals surface area contributed by atoms with E-state index in [1.165, 1.54) is 0 Å². The van der Waals surface area contributed by atoms with Gasteiger partial charge in [-0.15, -0.1) is 5.06 Å². The molecule has 1 rings (SSSR count). The van der Waals surface area contributed by atoms with Crippen molar-refractivity contribution in [3.05, 3.63) is 46.5 Å². The Morgan fingerprint density at radius 3 is 1.88 bits per heavy atom. The van der Waals surface area contributed by atoms with Gasteiger partial charge < -0.3 is 16.0 Å². The summed E-state index contributed by atoms with van der Waals surface area (Å²) in [6.45, 7) is -0.812. The number of nitro groups is 1. The minimum Gasteiger partial charge on any atom is -0.395 e. The highest BCUT2D eigenvalue weighted by Crippen LogP contribution is 1.93. The topological polar surface area (TPSA) is 113 Å². The summed E-state index contributed by atoms with van der Waals surface area (Å²) in [4.78, 5) is 9.38. The van der Waals surface area contributed by atoms with Crippen molar-refractivity contribution in [2.24, 2.45) is 5.73 Å². The molecule has 0 radical (unpaired) electrons. The van der Waals surface area contributed by atoms with Crippen LogP contribution in [0.3, 0.4) is 0 Å². The van der Waals surface area contributed by atoms with Crippen molar-refractivity contribution < 1.29 is 15.2 Å². The molecule has 0 fully saturated rings. The normalized spacial score (nSPS) is 11.5. The lowest BCUT2D eigenvalue weighted by Crippen LogP contribution is -2.45. The lowest BCUT2D eigenvalue weighted by molar-refractivity contribution is -0.569. The van der Waals surface area contributed by atoms with Crippen molar-refractivity contribution in [2.75, 3.05) is 19.7 Å². The number of hydrogen-bond acceptors (Lipinski definition) is 6. The van der Waals surface area contributed by atoms with E-state index in [9.17, 15) is 10.1 Å². The molecule has 0 aliphatic heterocycles. The molecule has 0 saturated carbocycles. The molecule has 0 spiro atoms. The zero-order valence-electron chi connectivity index (χ0n) is 9.35. The van der Waals surface area contributed by atoms with Gasteiger partial charge in [-0.3, -0.25) is 10.1 Å². The van der Waals surface area contributed by atoms with Crippen molar-refractivity contribution >= 4 is 0 Å². The van der Waals surface area contributed by atoms with Crippen molar-refractivity contribution in [3.8, 4) is 0 Å². The average Bonchev–Trinajstić information content (AvgIpc) is 2.33. The van der Waals surface area contributed by atoms with Crippen molar-refractivity contribution in [1.29, 1.82) is 0 Å². The number of aliphatic hydroxyl groups is 1. The summed E-state index contributed by atoms with van der Waals surface area (Å²) in [5.74, 6) is 0. The smallest absolute Gasteiger partial charge is 0.301 e. The summed E-state index contributed by atoms with van der Waals surface area (Å²) in [6.07, 6.45) is -1.33. The van der Waals surface area contributed by atoms with Gasteiger partial charge in [0.15, 0.2) is 0 Å². The van der Waals surface area contributed by atoms with Crippen LogP contribution in [0.25, 0.3) is 0 Å². The van der Waals surface area contributed by atoms with Crippen LogP contribution in [-0.4, -0.2) is 46.2 Å². The second kappa shape index (κ2) is 9.67. The molecule has 1 atom stereocenters. The van der Waals surface area contributed by atoms with E-state index in [4.69, 9.17) is 16.0 Å². The third-order valence-electron chi connectivity index (χ3n) is 1.79. The molecule has 96 valence electrons. The molecule has 1 aromatic rings. The van der Waals surface area contributed by atoms with E-state index in [2.05, 4.69) is 0 Å². The van der Waals surface area contributed by atoms with E-state index in [1.54, 1.807) is 0 Å². The van der Waals surface area contributed by atoms with Crippen molar-refractivity contribution in [1.82, 2.24) is 5.06 Å². The number of nitrogens with two attached hydrogens (primary N) is 1. The molecule has 7 nitrogen and oxygen atoms in total. The van der Waals surface area contributed by atoms with Crippen LogP contribution in [0.2, 0.25) is 0 Å². The molecule has 1 aromatic carbocycles. The summed E-state index contributed by atoms with van der Waals surface area (Å²) in [7, 11) is 0. The fourth-order valence-electron chi connectivity index (χ4n) is 0.953. The Hall–Kier alpha value is -1.54. The Labute approximate surface area is 99.2 Å². The molecule has 7 heteroatoms. The average molecular weight is 243 g/mol. The number of hydrogen-bond donors (Lipinski definition) is 3. The van der Waals surface area contributed by atoms with Crippen LogP contribution in [0.5, 0.6) is 0 Å². The largest absolute Gasteiger partial charge is 0.395 e. The maximum atomic E-state index is 10.1. The monoisotopic (exact) mass is 243 g/mol. The van der Waals surface area contributed by atoms with Crippen LogP contribution in [0.1, 0.15) is 0 Å². The van der Waals surface area contributed by atoms with Crippen molar-refractivity contribution in [2.45, 2.75) is 6.17 Å². The van der Waals surface area contributed by atoms with Crippen molar-refractivity contribution in [3.63, 3.8) is 0 Å². The number of hydroxylamine groups is 2. The second-order valence-electron chi connectivity index (χ2n) is 3.04. The predicted molar refractivity (Wildman–Crippen MR) is 61.9 cm³/mol. The van der Waals surface area contributed by atoms with E-state index in [-0.39, 0.29) is 19.7 Å². The zero-order chi connectivity index (χ0) is 13.1. The first-order valence-corrected chi connectivity index (χ1v) is 5.03.